The van der Waals surface area contributed by atoms with E-state index in [0.717, 1.165) is 35.3 Å². The standard InChI is InChI=1S/C18H18N2O/c1-2-19-13-15-12-14-8-6-7-11-17(14)18(20-15)21-16-9-4-3-5-10-16/h3-12,19H,2,13H2,1H3. The van der Waals surface area contributed by atoms with E-state index in [1.165, 1.54) is 0 Å². The summed E-state index contributed by atoms with van der Waals surface area (Å²) < 4.78 is 5.97. The largest absolute Gasteiger partial charge is 0.438 e. The molecule has 1 heterocycles. The number of pyridine rings is 1. The van der Waals surface area contributed by atoms with E-state index >= 15 is 0 Å². The number of nitrogens with one attached hydrogen (secondary N) is 1. The molecule has 21 heavy (non-hydrogen) atoms. The first kappa shape index (κ1) is 13.6. The predicted molar refractivity (Wildman–Crippen MR) is 85.6 cm³/mol. The molecule has 0 bridgehead atoms. The molecule has 0 fully saturated rings. The van der Waals surface area contributed by atoms with Crippen molar-refractivity contribution in [3.8, 4) is 11.6 Å². The summed E-state index contributed by atoms with van der Waals surface area (Å²) in [6.07, 6.45) is 0. The van der Waals surface area contributed by atoms with Gasteiger partial charge in [0.2, 0.25) is 5.88 Å². The van der Waals surface area contributed by atoms with Crippen molar-refractivity contribution in [2.24, 2.45) is 0 Å². The summed E-state index contributed by atoms with van der Waals surface area (Å²) in [7, 11) is 0. The fourth-order valence-corrected chi connectivity index (χ4v) is 2.24. The Morgan fingerprint density at radius 1 is 1.00 bits per heavy atom. The van der Waals surface area contributed by atoms with Crippen LogP contribution in [0.15, 0.2) is 60.7 Å². The van der Waals surface area contributed by atoms with Crippen molar-refractivity contribution < 1.29 is 4.74 Å². The van der Waals surface area contributed by atoms with E-state index in [-0.39, 0.29) is 0 Å². The Kier molecular flexibility index (Phi) is 4.12. The molecule has 0 aliphatic heterocycles. The summed E-state index contributed by atoms with van der Waals surface area (Å²) in [6, 6.07) is 20.0. The van der Waals surface area contributed by atoms with Gasteiger partial charge < -0.3 is 10.1 Å². The number of hydrogen-bond donors (Lipinski definition) is 1. The van der Waals surface area contributed by atoms with Crippen molar-refractivity contribution >= 4 is 10.8 Å². The number of ether oxygens (including phenoxy) is 1. The van der Waals surface area contributed by atoms with Crippen molar-refractivity contribution in [3.05, 3.63) is 66.4 Å². The van der Waals surface area contributed by atoms with Gasteiger partial charge in [0.25, 0.3) is 0 Å². The van der Waals surface area contributed by atoms with E-state index in [4.69, 9.17) is 4.74 Å². The molecule has 0 amide bonds. The van der Waals surface area contributed by atoms with Crippen LogP contribution in [0.25, 0.3) is 10.8 Å². The van der Waals surface area contributed by atoms with Crippen molar-refractivity contribution in [1.82, 2.24) is 10.3 Å². The van der Waals surface area contributed by atoms with Gasteiger partial charge in [-0.1, -0.05) is 43.3 Å². The van der Waals surface area contributed by atoms with Crippen LogP contribution in [0.1, 0.15) is 12.6 Å². The van der Waals surface area contributed by atoms with Crippen molar-refractivity contribution in [1.29, 1.82) is 0 Å². The van der Waals surface area contributed by atoms with Crippen LogP contribution < -0.4 is 10.1 Å². The average Bonchev–Trinajstić information content (AvgIpc) is 2.54. The molecule has 2 aromatic carbocycles. The van der Waals surface area contributed by atoms with Gasteiger partial charge in [-0.25, -0.2) is 4.98 Å². The number of benzene rings is 2. The van der Waals surface area contributed by atoms with E-state index in [2.05, 4.69) is 29.4 Å². The van der Waals surface area contributed by atoms with Gasteiger partial charge >= 0.3 is 0 Å². The molecule has 3 nitrogen and oxygen atoms in total. The summed E-state index contributed by atoms with van der Waals surface area (Å²) in [5.74, 6) is 1.46. The molecule has 0 saturated carbocycles. The maximum Gasteiger partial charge on any atom is 0.227 e. The number of rotatable bonds is 5. The summed E-state index contributed by atoms with van der Waals surface area (Å²) >= 11 is 0. The second kappa shape index (κ2) is 6.37. The van der Waals surface area contributed by atoms with Crippen LogP contribution in [0.4, 0.5) is 0 Å². The summed E-state index contributed by atoms with van der Waals surface area (Å²) in [5.41, 5.74) is 0.987. The van der Waals surface area contributed by atoms with Gasteiger partial charge in [-0.05, 0) is 36.2 Å². The van der Waals surface area contributed by atoms with Crippen LogP contribution in [0, 0.1) is 0 Å². The van der Waals surface area contributed by atoms with E-state index in [0.29, 0.717) is 5.88 Å². The molecule has 0 aliphatic carbocycles. The average molecular weight is 278 g/mol. The minimum absolute atomic E-state index is 0.659. The molecule has 0 radical (unpaired) electrons. The topological polar surface area (TPSA) is 34.1 Å². The monoisotopic (exact) mass is 278 g/mol. The van der Waals surface area contributed by atoms with E-state index in [9.17, 15) is 0 Å². The van der Waals surface area contributed by atoms with Crippen LogP contribution >= 0.6 is 0 Å². The molecular weight excluding hydrogens is 260 g/mol. The van der Waals surface area contributed by atoms with Crippen LogP contribution in [0.3, 0.4) is 0 Å². The normalized spacial score (nSPS) is 10.7. The van der Waals surface area contributed by atoms with Crippen molar-refractivity contribution in [2.75, 3.05) is 6.54 Å². The minimum Gasteiger partial charge on any atom is -0.438 e. The second-order valence-corrected chi connectivity index (χ2v) is 4.84. The molecule has 3 rings (SSSR count). The van der Waals surface area contributed by atoms with Crippen molar-refractivity contribution in [2.45, 2.75) is 13.5 Å². The lowest BCUT2D eigenvalue weighted by molar-refractivity contribution is 0.466. The molecular formula is C18H18N2O. The van der Waals surface area contributed by atoms with Crippen molar-refractivity contribution in [3.63, 3.8) is 0 Å². The minimum atomic E-state index is 0.659. The van der Waals surface area contributed by atoms with Crippen LogP contribution in [-0.4, -0.2) is 11.5 Å². The molecule has 3 heteroatoms. The van der Waals surface area contributed by atoms with Crippen LogP contribution in [0.2, 0.25) is 0 Å². The molecule has 3 aromatic rings. The van der Waals surface area contributed by atoms with Gasteiger partial charge in [-0.15, -0.1) is 0 Å². The van der Waals surface area contributed by atoms with E-state index in [1.54, 1.807) is 0 Å². The van der Waals surface area contributed by atoms with Gasteiger partial charge in [-0.3, -0.25) is 0 Å². The summed E-state index contributed by atoms with van der Waals surface area (Å²) in [5, 5.41) is 5.48. The highest BCUT2D eigenvalue weighted by Crippen LogP contribution is 2.28. The molecule has 1 aromatic heterocycles. The zero-order chi connectivity index (χ0) is 14.5. The second-order valence-electron chi connectivity index (χ2n) is 4.84. The van der Waals surface area contributed by atoms with E-state index in [1.807, 2.05) is 48.5 Å². The Morgan fingerprint density at radius 3 is 2.57 bits per heavy atom. The lowest BCUT2D eigenvalue weighted by Gasteiger charge is -2.11. The Labute approximate surface area is 124 Å². The molecule has 0 atom stereocenters. The molecule has 0 saturated heterocycles. The Morgan fingerprint density at radius 2 is 1.76 bits per heavy atom. The first-order valence-corrected chi connectivity index (χ1v) is 7.19. The third-order valence-electron chi connectivity index (χ3n) is 3.27. The zero-order valence-electron chi connectivity index (χ0n) is 12.0. The number of aromatic nitrogens is 1. The molecule has 0 unspecified atom stereocenters. The van der Waals surface area contributed by atoms with Crippen LogP contribution in [-0.2, 0) is 6.54 Å². The first-order chi connectivity index (χ1) is 10.4. The third kappa shape index (κ3) is 3.20. The fraction of sp³-hybridized carbons (Fsp3) is 0.167. The zero-order valence-corrected chi connectivity index (χ0v) is 12.0. The highest BCUT2D eigenvalue weighted by molar-refractivity contribution is 5.87. The number of nitrogens with zero attached hydrogens (tertiary/aromatic N) is 1. The maximum absolute atomic E-state index is 5.97. The van der Waals surface area contributed by atoms with Gasteiger partial charge in [0.15, 0.2) is 0 Å². The molecule has 0 spiro atoms. The Bertz CT molecular complexity index is 726. The van der Waals surface area contributed by atoms with Gasteiger partial charge in [-0.2, -0.15) is 0 Å². The number of fused-ring (bicyclic) bond motifs is 1. The Balaban J connectivity index is 2.02. The highest BCUT2D eigenvalue weighted by atomic mass is 16.5. The number of para-hydroxylation sites is 1. The van der Waals surface area contributed by atoms with E-state index < -0.39 is 0 Å². The molecule has 0 aliphatic rings. The summed E-state index contributed by atoms with van der Waals surface area (Å²) in [6.45, 7) is 3.75. The molecule has 106 valence electrons. The maximum atomic E-state index is 5.97. The van der Waals surface area contributed by atoms with Gasteiger partial charge in [0, 0.05) is 11.9 Å². The highest BCUT2D eigenvalue weighted by Gasteiger charge is 2.08. The quantitative estimate of drug-likeness (QED) is 0.761. The lowest BCUT2D eigenvalue weighted by atomic mass is 10.1. The fourth-order valence-electron chi connectivity index (χ4n) is 2.24. The van der Waals surface area contributed by atoms with Crippen LogP contribution in [0.5, 0.6) is 11.6 Å². The third-order valence-corrected chi connectivity index (χ3v) is 3.27. The lowest BCUT2D eigenvalue weighted by Crippen LogP contribution is -2.13. The SMILES string of the molecule is CCNCc1cc2ccccc2c(Oc2ccccc2)n1. The van der Waals surface area contributed by atoms with Gasteiger partial charge in [0.05, 0.1) is 5.69 Å². The first-order valence-electron chi connectivity index (χ1n) is 7.19. The van der Waals surface area contributed by atoms with Gasteiger partial charge in [0.1, 0.15) is 5.75 Å². The summed E-state index contributed by atoms with van der Waals surface area (Å²) in [4.78, 5) is 4.65. The smallest absolute Gasteiger partial charge is 0.227 e. The number of hydrogen-bond acceptors (Lipinski definition) is 3. The Hall–Kier alpha value is -2.39. The predicted octanol–water partition coefficient (Wildman–Crippen LogP) is 4.14. The molecule has 1 N–H and O–H groups in total.